The van der Waals surface area contributed by atoms with E-state index in [0.717, 1.165) is 28.6 Å². The molecule has 0 aliphatic heterocycles. The van der Waals surface area contributed by atoms with Crippen LogP contribution in [0.4, 0.5) is 0 Å². The van der Waals surface area contributed by atoms with E-state index in [1.54, 1.807) is 14.2 Å². The summed E-state index contributed by atoms with van der Waals surface area (Å²) in [5, 5.41) is 6.58. The summed E-state index contributed by atoms with van der Waals surface area (Å²) in [5.41, 5.74) is 2.21. The monoisotopic (exact) mass is 469 g/mol. The van der Waals surface area contributed by atoms with Gasteiger partial charge in [0.25, 0.3) is 0 Å². The number of hydrogen-bond acceptors (Lipinski definition) is 3. The van der Waals surface area contributed by atoms with Crippen molar-refractivity contribution in [3.8, 4) is 11.5 Å². The molecule has 0 heterocycles. The first kappa shape index (κ1) is 22.1. The third-order valence-electron chi connectivity index (χ3n) is 3.84. The van der Waals surface area contributed by atoms with E-state index in [2.05, 4.69) is 15.6 Å². The molecule has 5 nitrogen and oxygen atoms in total. The van der Waals surface area contributed by atoms with Gasteiger partial charge in [0.05, 0.1) is 13.7 Å². The maximum absolute atomic E-state index is 5.97. The smallest absolute Gasteiger partial charge is 0.191 e. The van der Waals surface area contributed by atoms with Crippen molar-refractivity contribution in [1.82, 2.24) is 10.6 Å². The number of halogens is 1. The fraction of sp³-hybridized carbons (Fsp3) is 0.350. The van der Waals surface area contributed by atoms with Gasteiger partial charge in [-0.3, -0.25) is 4.99 Å². The first-order valence-corrected chi connectivity index (χ1v) is 8.42. The quantitative estimate of drug-likeness (QED) is 0.369. The maximum atomic E-state index is 5.97. The zero-order chi connectivity index (χ0) is 18.1. The van der Waals surface area contributed by atoms with E-state index in [-0.39, 0.29) is 30.1 Å². The number of ether oxygens (including phenoxy) is 2. The van der Waals surface area contributed by atoms with Gasteiger partial charge in [0.15, 0.2) is 5.96 Å². The molecule has 2 aromatic carbocycles. The number of aryl methyl sites for hydroxylation is 1. The molecule has 0 saturated heterocycles. The maximum Gasteiger partial charge on any atom is 0.191 e. The van der Waals surface area contributed by atoms with Crippen LogP contribution in [-0.2, 0) is 6.54 Å². The molecule has 142 valence electrons. The van der Waals surface area contributed by atoms with Gasteiger partial charge in [0.2, 0.25) is 0 Å². The molecule has 0 bridgehead atoms. The van der Waals surface area contributed by atoms with Crippen LogP contribution in [0.5, 0.6) is 11.5 Å². The van der Waals surface area contributed by atoms with Crippen molar-refractivity contribution in [1.29, 1.82) is 0 Å². The number of benzene rings is 2. The second-order valence-corrected chi connectivity index (χ2v) is 5.81. The first-order chi connectivity index (χ1) is 12.1. The molecule has 0 amide bonds. The number of nitrogens with one attached hydrogen (secondary N) is 2. The van der Waals surface area contributed by atoms with Gasteiger partial charge < -0.3 is 20.1 Å². The molecule has 0 aliphatic carbocycles. The lowest BCUT2D eigenvalue weighted by molar-refractivity contribution is 0.222. The van der Waals surface area contributed by atoms with Crippen LogP contribution in [0.15, 0.2) is 53.5 Å². The molecule has 0 saturated carbocycles. The molecule has 1 atom stereocenters. The Morgan fingerprint density at radius 3 is 2.35 bits per heavy atom. The number of aliphatic imine (C=N–C) groups is 1. The molecular formula is C20H28IN3O2. The minimum absolute atomic E-state index is 0. The van der Waals surface area contributed by atoms with Gasteiger partial charge in [-0.2, -0.15) is 0 Å². The number of hydrogen-bond donors (Lipinski definition) is 2. The summed E-state index contributed by atoms with van der Waals surface area (Å²) in [7, 11) is 3.43. The van der Waals surface area contributed by atoms with E-state index >= 15 is 0 Å². The Balaban J connectivity index is 0.00000338. The number of guanidine groups is 1. The lowest BCUT2D eigenvalue weighted by atomic mass is 10.2. The molecule has 0 radical (unpaired) electrons. The van der Waals surface area contributed by atoms with Gasteiger partial charge in [0, 0.05) is 19.2 Å². The summed E-state index contributed by atoms with van der Waals surface area (Å²) in [6.45, 7) is 5.37. The largest absolute Gasteiger partial charge is 0.496 e. The van der Waals surface area contributed by atoms with Crippen LogP contribution in [0.1, 0.15) is 18.1 Å². The Hall–Kier alpha value is -1.96. The van der Waals surface area contributed by atoms with Crippen molar-refractivity contribution in [3.63, 3.8) is 0 Å². The van der Waals surface area contributed by atoms with Crippen LogP contribution < -0.4 is 20.1 Å². The van der Waals surface area contributed by atoms with Crippen LogP contribution in [0.25, 0.3) is 0 Å². The van der Waals surface area contributed by atoms with Crippen LogP contribution in [0, 0.1) is 6.92 Å². The molecular weight excluding hydrogens is 441 g/mol. The molecule has 0 fully saturated rings. The van der Waals surface area contributed by atoms with Crippen molar-refractivity contribution in [2.75, 3.05) is 20.7 Å². The van der Waals surface area contributed by atoms with Crippen molar-refractivity contribution in [2.24, 2.45) is 4.99 Å². The van der Waals surface area contributed by atoms with Crippen LogP contribution in [0.3, 0.4) is 0 Å². The average Bonchev–Trinajstić information content (AvgIpc) is 2.64. The number of nitrogens with zero attached hydrogens (tertiary/aromatic N) is 1. The standard InChI is InChI=1S/C20H27N3O2.HI/c1-15-9-5-7-11-18(15)25-16(2)13-22-20(21-3)23-14-17-10-6-8-12-19(17)24-4;/h5-12,16H,13-14H2,1-4H3,(H2,21,22,23);1H. The highest BCUT2D eigenvalue weighted by atomic mass is 127. The third kappa shape index (κ3) is 6.74. The summed E-state index contributed by atoms with van der Waals surface area (Å²) >= 11 is 0. The fourth-order valence-corrected chi connectivity index (χ4v) is 2.44. The Morgan fingerprint density at radius 2 is 1.69 bits per heavy atom. The molecule has 6 heteroatoms. The summed E-state index contributed by atoms with van der Waals surface area (Å²) in [6, 6.07) is 16.0. The normalized spacial score (nSPS) is 11.9. The minimum Gasteiger partial charge on any atom is -0.496 e. The van der Waals surface area contributed by atoms with Crippen molar-refractivity contribution >= 4 is 29.9 Å². The zero-order valence-electron chi connectivity index (χ0n) is 15.8. The molecule has 26 heavy (non-hydrogen) atoms. The molecule has 0 aliphatic rings. The van der Waals surface area contributed by atoms with Crippen LogP contribution >= 0.6 is 24.0 Å². The molecule has 0 spiro atoms. The Morgan fingerprint density at radius 1 is 1.04 bits per heavy atom. The average molecular weight is 469 g/mol. The van der Waals surface area contributed by atoms with Crippen molar-refractivity contribution < 1.29 is 9.47 Å². The summed E-state index contributed by atoms with van der Waals surface area (Å²) in [4.78, 5) is 4.25. The summed E-state index contributed by atoms with van der Waals surface area (Å²) < 4.78 is 11.3. The second-order valence-electron chi connectivity index (χ2n) is 5.81. The zero-order valence-corrected chi connectivity index (χ0v) is 18.1. The molecule has 1 unspecified atom stereocenters. The number of rotatable bonds is 7. The van der Waals surface area contributed by atoms with E-state index < -0.39 is 0 Å². The van der Waals surface area contributed by atoms with Gasteiger partial charge in [-0.15, -0.1) is 24.0 Å². The fourth-order valence-electron chi connectivity index (χ4n) is 2.44. The van der Waals surface area contributed by atoms with Gasteiger partial charge in [-0.1, -0.05) is 36.4 Å². The van der Waals surface area contributed by atoms with Crippen molar-refractivity contribution in [2.45, 2.75) is 26.5 Å². The van der Waals surface area contributed by atoms with E-state index in [4.69, 9.17) is 9.47 Å². The molecule has 2 aromatic rings. The number of para-hydroxylation sites is 2. The van der Waals surface area contributed by atoms with Gasteiger partial charge >= 0.3 is 0 Å². The lowest BCUT2D eigenvalue weighted by Gasteiger charge is -2.19. The lowest BCUT2D eigenvalue weighted by Crippen LogP contribution is -2.41. The minimum atomic E-state index is 0. The SMILES string of the molecule is CN=C(NCc1ccccc1OC)NCC(C)Oc1ccccc1C.I. The molecule has 2 N–H and O–H groups in total. The Labute approximate surface area is 173 Å². The van der Waals surface area contributed by atoms with Gasteiger partial charge in [-0.25, -0.2) is 0 Å². The number of methoxy groups -OCH3 is 1. The highest BCUT2D eigenvalue weighted by molar-refractivity contribution is 14.0. The summed E-state index contributed by atoms with van der Waals surface area (Å²) in [6.07, 6.45) is 0.0194. The van der Waals surface area contributed by atoms with E-state index in [0.29, 0.717) is 13.1 Å². The molecule has 0 aromatic heterocycles. The predicted octanol–water partition coefficient (Wildman–Crippen LogP) is 3.75. The summed E-state index contributed by atoms with van der Waals surface area (Å²) in [5.74, 6) is 2.50. The Bertz CT molecular complexity index is 707. The second kappa shape index (κ2) is 11.6. The Kier molecular flexibility index (Phi) is 9.87. The van der Waals surface area contributed by atoms with Crippen molar-refractivity contribution in [3.05, 3.63) is 59.7 Å². The first-order valence-electron chi connectivity index (χ1n) is 8.42. The van der Waals surface area contributed by atoms with Crippen LogP contribution in [-0.4, -0.2) is 32.8 Å². The van der Waals surface area contributed by atoms with Gasteiger partial charge in [-0.05, 0) is 31.5 Å². The topological polar surface area (TPSA) is 54.9 Å². The molecule has 2 rings (SSSR count). The van der Waals surface area contributed by atoms with E-state index in [1.807, 2.05) is 62.4 Å². The van der Waals surface area contributed by atoms with Gasteiger partial charge in [0.1, 0.15) is 17.6 Å². The van der Waals surface area contributed by atoms with E-state index in [9.17, 15) is 0 Å². The predicted molar refractivity (Wildman–Crippen MR) is 118 cm³/mol. The van der Waals surface area contributed by atoms with E-state index in [1.165, 1.54) is 0 Å². The van der Waals surface area contributed by atoms with Crippen LogP contribution in [0.2, 0.25) is 0 Å². The third-order valence-corrected chi connectivity index (χ3v) is 3.84. The highest BCUT2D eigenvalue weighted by Gasteiger charge is 2.08. The highest BCUT2D eigenvalue weighted by Crippen LogP contribution is 2.18.